The summed E-state index contributed by atoms with van der Waals surface area (Å²) < 4.78 is 23.3. The molecule has 0 aliphatic heterocycles. The smallest absolute Gasteiger partial charge is 0.282 e. The van der Waals surface area contributed by atoms with Crippen LogP contribution in [0, 0.1) is 0 Å². The van der Waals surface area contributed by atoms with Crippen molar-refractivity contribution in [1.29, 1.82) is 0 Å². The highest BCUT2D eigenvalue weighted by atomic mass is 35.5. The summed E-state index contributed by atoms with van der Waals surface area (Å²) in [6.45, 7) is 0. The van der Waals surface area contributed by atoms with Crippen molar-refractivity contribution in [3.05, 3.63) is 81.6 Å². The first kappa shape index (κ1) is 22.5. The molecule has 0 atom stereocenters. The maximum atomic E-state index is 13.5. The van der Waals surface area contributed by atoms with Gasteiger partial charge in [0.25, 0.3) is 5.56 Å². The molecule has 0 unspecified atom stereocenters. The van der Waals surface area contributed by atoms with E-state index in [2.05, 4.69) is 10.1 Å². The minimum absolute atomic E-state index is 0.236. The summed E-state index contributed by atoms with van der Waals surface area (Å²) >= 11 is 6.42. The van der Waals surface area contributed by atoms with E-state index in [0.717, 1.165) is 5.39 Å². The molecule has 0 bridgehead atoms. The lowest BCUT2D eigenvalue weighted by Gasteiger charge is -2.10. The van der Waals surface area contributed by atoms with Gasteiger partial charge in [-0.2, -0.15) is 9.78 Å². The van der Waals surface area contributed by atoms with Crippen molar-refractivity contribution in [1.82, 2.24) is 9.66 Å². The average molecular weight is 490 g/mol. The Hall–Kier alpha value is -4.30. The minimum atomic E-state index is -0.356. The quantitative estimate of drug-likeness (QED) is 0.298. The average Bonchev–Trinajstić information content (AvgIpc) is 3.33. The van der Waals surface area contributed by atoms with E-state index in [1.54, 1.807) is 43.5 Å². The topological polar surface area (TPSA) is 88.1 Å². The Kier molecular flexibility index (Phi) is 5.88. The van der Waals surface area contributed by atoms with Crippen LogP contribution in [0.25, 0.3) is 33.5 Å². The van der Waals surface area contributed by atoms with Crippen molar-refractivity contribution in [3.63, 3.8) is 0 Å². The summed E-state index contributed by atoms with van der Waals surface area (Å²) in [5.41, 5.74) is 1.29. The van der Waals surface area contributed by atoms with Crippen LogP contribution in [0.15, 0.2) is 75.0 Å². The normalized spacial score (nSPS) is 11.4. The van der Waals surface area contributed by atoms with Crippen molar-refractivity contribution in [3.8, 4) is 28.8 Å². The molecule has 3 aromatic carbocycles. The number of hydrogen-bond donors (Lipinski definition) is 0. The van der Waals surface area contributed by atoms with Crippen molar-refractivity contribution < 1.29 is 18.6 Å². The molecule has 0 spiro atoms. The third-order valence-electron chi connectivity index (χ3n) is 5.53. The number of furan rings is 1. The van der Waals surface area contributed by atoms with Gasteiger partial charge < -0.3 is 18.6 Å². The van der Waals surface area contributed by atoms with Crippen LogP contribution in [-0.2, 0) is 0 Å². The second-order valence-electron chi connectivity index (χ2n) is 7.53. The molecular formula is C26H20ClN3O5. The molecule has 5 aromatic rings. The number of hydrogen-bond acceptors (Lipinski definition) is 7. The molecule has 0 aliphatic carbocycles. The van der Waals surface area contributed by atoms with E-state index in [1.165, 1.54) is 25.1 Å². The van der Waals surface area contributed by atoms with Crippen LogP contribution in [0.4, 0.5) is 0 Å². The first-order valence-corrected chi connectivity index (χ1v) is 11.0. The summed E-state index contributed by atoms with van der Waals surface area (Å²) in [6.07, 6.45) is 1.47. The maximum Gasteiger partial charge on any atom is 0.282 e. The summed E-state index contributed by atoms with van der Waals surface area (Å²) in [4.78, 5) is 18.1. The summed E-state index contributed by atoms with van der Waals surface area (Å²) in [7, 11) is 4.64. The van der Waals surface area contributed by atoms with Gasteiger partial charge in [-0.3, -0.25) is 4.79 Å². The van der Waals surface area contributed by atoms with Gasteiger partial charge in [-0.1, -0.05) is 29.8 Å². The van der Waals surface area contributed by atoms with E-state index < -0.39 is 0 Å². The lowest BCUT2D eigenvalue weighted by atomic mass is 10.2. The van der Waals surface area contributed by atoms with E-state index in [4.69, 9.17) is 30.2 Å². The second-order valence-corrected chi connectivity index (χ2v) is 7.93. The van der Waals surface area contributed by atoms with E-state index in [9.17, 15) is 4.79 Å². The van der Waals surface area contributed by atoms with Crippen LogP contribution in [0.5, 0.6) is 17.2 Å². The number of halogens is 1. The first-order chi connectivity index (χ1) is 17.0. The van der Waals surface area contributed by atoms with Crippen LogP contribution in [0.2, 0.25) is 5.02 Å². The van der Waals surface area contributed by atoms with Gasteiger partial charge >= 0.3 is 0 Å². The van der Waals surface area contributed by atoms with Crippen molar-refractivity contribution in [2.75, 3.05) is 21.3 Å². The van der Waals surface area contributed by atoms with Crippen molar-refractivity contribution in [2.45, 2.75) is 0 Å². The van der Waals surface area contributed by atoms with E-state index >= 15 is 0 Å². The molecule has 35 heavy (non-hydrogen) atoms. The van der Waals surface area contributed by atoms with Gasteiger partial charge in [-0.25, -0.2) is 4.98 Å². The highest BCUT2D eigenvalue weighted by molar-refractivity contribution is 6.33. The van der Waals surface area contributed by atoms with Crippen LogP contribution >= 0.6 is 11.6 Å². The van der Waals surface area contributed by atoms with E-state index in [-0.39, 0.29) is 11.4 Å². The SMILES string of the molecule is COc1cc(Cl)c(C=Nn2c(-c3cc4c(OC)cccc4o3)nc3ccccc3c2=O)cc1OC. The van der Waals surface area contributed by atoms with Crippen LogP contribution < -0.4 is 19.8 Å². The fraction of sp³-hybridized carbons (Fsp3) is 0.115. The molecular weight excluding hydrogens is 470 g/mol. The predicted octanol–water partition coefficient (Wildman–Crippen LogP) is 5.37. The zero-order chi connectivity index (χ0) is 24.5. The lowest BCUT2D eigenvalue weighted by molar-refractivity contribution is 0.355. The summed E-state index contributed by atoms with van der Waals surface area (Å²) in [5.74, 6) is 2.21. The van der Waals surface area contributed by atoms with Crippen LogP contribution in [-0.4, -0.2) is 37.2 Å². The summed E-state index contributed by atoms with van der Waals surface area (Å²) in [5, 5.41) is 6.00. The number of methoxy groups -OCH3 is 3. The highest BCUT2D eigenvalue weighted by Gasteiger charge is 2.18. The van der Waals surface area contributed by atoms with Gasteiger partial charge in [0.05, 0.1) is 48.9 Å². The van der Waals surface area contributed by atoms with Gasteiger partial charge in [0.15, 0.2) is 17.3 Å². The van der Waals surface area contributed by atoms with Crippen molar-refractivity contribution in [2.24, 2.45) is 5.10 Å². The fourth-order valence-corrected chi connectivity index (χ4v) is 4.00. The Morgan fingerprint density at radius 2 is 1.66 bits per heavy atom. The molecule has 0 N–H and O–H groups in total. The number of ether oxygens (including phenoxy) is 3. The number of para-hydroxylation sites is 1. The minimum Gasteiger partial charge on any atom is -0.496 e. The monoisotopic (exact) mass is 489 g/mol. The summed E-state index contributed by atoms with van der Waals surface area (Å²) in [6, 6.07) is 17.6. The van der Waals surface area contributed by atoms with E-state index in [1.807, 2.05) is 24.3 Å². The Bertz CT molecular complexity index is 1660. The zero-order valence-electron chi connectivity index (χ0n) is 19.1. The lowest BCUT2D eigenvalue weighted by Crippen LogP contribution is -2.20. The highest BCUT2D eigenvalue weighted by Crippen LogP contribution is 2.34. The molecule has 0 fully saturated rings. The number of aromatic nitrogens is 2. The van der Waals surface area contributed by atoms with Gasteiger partial charge in [0.2, 0.25) is 5.82 Å². The molecule has 0 aliphatic rings. The molecule has 0 amide bonds. The van der Waals surface area contributed by atoms with Gasteiger partial charge in [0, 0.05) is 11.6 Å². The number of rotatable bonds is 6. The molecule has 5 rings (SSSR count). The van der Waals surface area contributed by atoms with Gasteiger partial charge in [0.1, 0.15) is 11.3 Å². The standard InChI is InChI=1S/C26H20ClN3O5/c1-32-20-9-6-10-21-17(20)12-24(35-21)25-29-19-8-5-4-7-16(19)26(31)30(25)28-14-15-11-22(33-2)23(34-3)13-18(15)27/h4-14H,1-3H3. The molecule has 2 heterocycles. The Morgan fingerprint density at radius 3 is 2.43 bits per heavy atom. The Morgan fingerprint density at radius 1 is 0.914 bits per heavy atom. The Labute approximate surface area is 204 Å². The second kappa shape index (κ2) is 9.15. The number of fused-ring (bicyclic) bond motifs is 2. The van der Waals surface area contributed by atoms with Gasteiger partial charge in [-0.05, 0) is 36.4 Å². The number of nitrogens with zero attached hydrogens (tertiary/aromatic N) is 3. The maximum absolute atomic E-state index is 13.5. The molecule has 176 valence electrons. The first-order valence-electron chi connectivity index (χ1n) is 10.6. The Balaban J connectivity index is 1.72. The van der Waals surface area contributed by atoms with Gasteiger partial charge in [-0.15, -0.1) is 0 Å². The van der Waals surface area contributed by atoms with Crippen molar-refractivity contribution >= 4 is 39.7 Å². The predicted molar refractivity (Wildman–Crippen MR) is 135 cm³/mol. The van der Waals surface area contributed by atoms with E-state index in [0.29, 0.717) is 50.1 Å². The fourth-order valence-electron chi connectivity index (χ4n) is 3.80. The molecule has 0 saturated carbocycles. The van der Waals surface area contributed by atoms with Crippen LogP contribution in [0.1, 0.15) is 5.56 Å². The molecule has 2 aromatic heterocycles. The third kappa shape index (κ3) is 3.98. The molecule has 0 saturated heterocycles. The largest absolute Gasteiger partial charge is 0.496 e. The third-order valence-corrected chi connectivity index (χ3v) is 5.86. The molecule has 9 heteroatoms. The molecule has 0 radical (unpaired) electrons. The van der Waals surface area contributed by atoms with Crippen LogP contribution in [0.3, 0.4) is 0 Å². The molecule has 8 nitrogen and oxygen atoms in total. The zero-order valence-corrected chi connectivity index (χ0v) is 19.9. The number of benzene rings is 3.